The molecule has 1 unspecified atom stereocenters. The fourth-order valence-corrected chi connectivity index (χ4v) is 2.34. The van der Waals surface area contributed by atoms with E-state index in [9.17, 15) is 23.1 Å². The molecule has 3 nitrogen and oxygen atoms in total. The molecular formula is C14H13F3O3. The number of alkyl halides is 3. The van der Waals surface area contributed by atoms with E-state index < -0.39 is 23.8 Å². The minimum atomic E-state index is -4.78. The van der Waals surface area contributed by atoms with E-state index in [1.54, 1.807) is 32.0 Å². The first-order valence-corrected chi connectivity index (χ1v) is 6.03. The van der Waals surface area contributed by atoms with Crippen molar-refractivity contribution >= 4 is 11.5 Å². The molecule has 1 atom stereocenters. The number of aliphatic carboxylic acids is 1. The van der Waals surface area contributed by atoms with Gasteiger partial charge >= 0.3 is 12.1 Å². The lowest BCUT2D eigenvalue weighted by atomic mass is 9.85. The monoisotopic (exact) mass is 286 g/mol. The van der Waals surface area contributed by atoms with Crippen molar-refractivity contribution in [3.8, 4) is 5.75 Å². The van der Waals surface area contributed by atoms with Crippen molar-refractivity contribution in [3.05, 3.63) is 35.4 Å². The van der Waals surface area contributed by atoms with Crippen LogP contribution < -0.4 is 4.74 Å². The fraction of sp³-hybridized carbons (Fsp3) is 0.357. The van der Waals surface area contributed by atoms with E-state index >= 15 is 0 Å². The molecule has 0 bridgehead atoms. The van der Waals surface area contributed by atoms with Crippen LogP contribution in [0, 0.1) is 5.92 Å². The molecule has 0 fully saturated rings. The molecule has 0 spiro atoms. The average molecular weight is 286 g/mol. The summed E-state index contributed by atoms with van der Waals surface area (Å²) in [7, 11) is 0. The number of hydrogen-bond donors (Lipinski definition) is 1. The first-order chi connectivity index (χ1) is 9.23. The van der Waals surface area contributed by atoms with Crippen molar-refractivity contribution in [2.24, 2.45) is 5.92 Å². The number of carboxylic acids is 1. The van der Waals surface area contributed by atoms with Gasteiger partial charge < -0.3 is 9.84 Å². The zero-order chi connectivity index (χ0) is 15.1. The Morgan fingerprint density at radius 2 is 1.90 bits per heavy atom. The van der Waals surface area contributed by atoms with Crippen LogP contribution in [0.3, 0.4) is 0 Å². The number of benzene rings is 1. The van der Waals surface area contributed by atoms with Crippen molar-refractivity contribution in [1.82, 2.24) is 0 Å². The minimum Gasteiger partial charge on any atom is -0.478 e. The van der Waals surface area contributed by atoms with Gasteiger partial charge in [0.15, 0.2) is 0 Å². The number of carbonyl (C=O) groups is 1. The number of para-hydroxylation sites is 1. The average Bonchev–Trinajstić information content (AvgIpc) is 2.34. The normalized spacial score (nSPS) is 18.8. The third kappa shape index (κ3) is 2.37. The van der Waals surface area contributed by atoms with E-state index in [-0.39, 0.29) is 17.2 Å². The Labute approximate surface area is 113 Å². The molecule has 1 N–H and O–H groups in total. The summed E-state index contributed by atoms with van der Waals surface area (Å²) in [4.78, 5) is 11.3. The highest BCUT2D eigenvalue weighted by Crippen LogP contribution is 2.43. The second kappa shape index (κ2) is 4.85. The van der Waals surface area contributed by atoms with Gasteiger partial charge in [-0.25, -0.2) is 4.79 Å². The molecule has 1 aromatic carbocycles. The number of allylic oxidation sites excluding steroid dienone is 1. The Morgan fingerprint density at radius 1 is 1.30 bits per heavy atom. The summed E-state index contributed by atoms with van der Waals surface area (Å²) in [6, 6.07) is 6.17. The topological polar surface area (TPSA) is 46.5 Å². The van der Waals surface area contributed by atoms with Crippen LogP contribution in [0.25, 0.3) is 5.57 Å². The standard InChI is InChI=1S/C14H13F3O3/c1-7(2)10-8-5-3-4-6-9(8)20-12(14(15,16)17)11(10)13(18)19/h3-7,12H,1-2H3,(H,18,19). The van der Waals surface area contributed by atoms with Crippen molar-refractivity contribution in [2.45, 2.75) is 26.1 Å². The first kappa shape index (κ1) is 14.4. The molecule has 0 aromatic heterocycles. The highest BCUT2D eigenvalue weighted by atomic mass is 19.4. The van der Waals surface area contributed by atoms with E-state index in [1.807, 2.05) is 0 Å². The molecule has 1 aliphatic heterocycles. The smallest absolute Gasteiger partial charge is 0.430 e. The van der Waals surface area contributed by atoms with Gasteiger partial charge in [-0.3, -0.25) is 0 Å². The van der Waals surface area contributed by atoms with Gasteiger partial charge in [0.05, 0.1) is 5.57 Å². The molecule has 2 rings (SSSR count). The van der Waals surface area contributed by atoms with Gasteiger partial charge in [0.1, 0.15) is 5.75 Å². The molecule has 0 aliphatic carbocycles. The van der Waals surface area contributed by atoms with E-state index in [4.69, 9.17) is 4.74 Å². The molecule has 108 valence electrons. The van der Waals surface area contributed by atoms with Crippen LogP contribution in [0.5, 0.6) is 5.75 Å². The van der Waals surface area contributed by atoms with Gasteiger partial charge in [-0.05, 0) is 17.6 Å². The molecule has 20 heavy (non-hydrogen) atoms. The highest BCUT2D eigenvalue weighted by molar-refractivity contribution is 5.99. The van der Waals surface area contributed by atoms with Gasteiger partial charge in [0.25, 0.3) is 0 Å². The Morgan fingerprint density at radius 3 is 2.40 bits per heavy atom. The van der Waals surface area contributed by atoms with E-state index in [2.05, 4.69) is 0 Å². The van der Waals surface area contributed by atoms with Crippen molar-refractivity contribution in [1.29, 1.82) is 0 Å². The molecule has 1 heterocycles. The van der Waals surface area contributed by atoms with Crippen molar-refractivity contribution in [2.75, 3.05) is 0 Å². The van der Waals surface area contributed by atoms with Crippen LogP contribution >= 0.6 is 0 Å². The number of halogens is 3. The molecule has 0 saturated heterocycles. The lowest BCUT2D eigenvalue weighted by Crippen LogP contribution is -2.41. The van der Waals surface area contributed by atoms with Crippen LogP contribution in [0.1, 0.15) is 19.4 Å². The van der Waals surface area contributed by atoms with Crippen LogP contribution in [-0.4, -0.2) is 23.4 Å². The van der Waals surface area contributed by atoms with Crippen molar-refractivity contribution < 1.29 is 27.8 Å². The van der Waals surface area contributed by atoms with E-state index in [1.165, 1.54) is 6.07 Å². The summed E-state index contributed by atoms with van der Waals surface area (Å²) < 4.78 is 44.1. The molecule has 6 heteroatoms. The maximum atomic E-state index is 13.1. The Balaban J connectivity index is 2.74. The summed E-state index contributed by atoms with van der Waals surface area (Å²) in [5, 5.41) is 9.18. The lowest BCUT2D eigenvalue weighted by molar-refractivity contribution is -0.187. The maximum absolute atomic E-state index is 13.1. The third-order valence-electron chi connectivity index (χ3n) is 3.08. The predicted octanol–water partition coefficient (Wildman–Crippen LogP) is 3.50. The highest BCUT2D eigenvalue weighted by Gasteiger charge is 2.50. The van der Waals surface area contributed by atoms with Crippen molar-refractivity contribution in [3.63, 3.8) is 0 Å². The molecule has 0 amide bonds. The summed E-state index contributed by atoms with van der Waals surface area (Å²) in [5.74, 6) is -1.91. The summed E-state index contributed by atoms with van der Waals surface area (Å²) in [5.41, 5.74) is -0.159. The van der Waals surface area contributed by atoms with Crippen LogP contribution in [0.4, 0.5) is 13.2 Å². The molecule has 1 aromatic rings. The minimum absolute atomic E-state index is 0.0588. The second-order valence-corrected chi connectivity index (χ2v) is 4.82. The first-order valence-electron chi connectivity index (χ1n) is 6.03. The number of fused-ring (bicyclic) bond motifs is 1. The largest absolute Gasteiger partial charge is 0.478 e. The summed E-state index contributed by atoms with van der Waals surface area (Å²) in [6.07, 6.45) is -7.21. The van der Waals surface area contributed by atoms with Gasteiger partial charge in [0.2, 0.25) is 6.10 Å². The molecule has 0 saturated carbocycles. The SMILES string of the molecule is CC(C)C1=C(C(=O)O)C(C(F)(F)F)Oc2ccccc21. The zero-order valence-corrected chi connectivity index (χ0v) is 10.9. The number of rotatable bonds is 2. The van der Waals surface area contributed by atoms with Gasteiger partial charge in [0, 0.05) is 5.56 Å². The van der Waals surface area contributed by atoms with Gasteiger partial charge in [-0.2, -0.15) is 13.2 Å². The van der Waals surface area contributed by atoms with Crippen LogP contribution in [-0.2, 0) is 4.79 Å². The predicted molar refractivity (Wildman–Crippen MR) is 66.3 cm³/mol. The molecule has 1 aliphatic rings. The number of carboxylic acid groups (broad SMARTS) is 1. The quantitative estimate of drug-likeness (QED) is 0.905. The summed E-state index contributed by atoms with van der Waals surface area (Å²) in [6.45, 7) is 3.32. The Kier molecular flexibility index (Phi) is 3.50. The Hall–Kier alpha value is -1.98. The van der Waals surface area contributed by atoms with Gasteiger partial charge in [-0.15, -0.1) is 0 Å². The number of ether oxygens (including phenoxy) is 1. The Bertz CT molecular complexity index is 573. The molecular weight excluding hydrogens is 273 g/mol. The second-order valence-electron chi connectivity index (χ2n) is 4.82. The maximum Gasteiger partial charge on any atom is 0.430 e. The number of hydrogen-bond acceptors (Lipinski definition) is 2. The van der Waals surface area contributed by atoms with E-state index in [0.717, 1.165) is 0 Å². The lowest BCUT2D eigenvalue weighted by Gasteiger charge is -2.32. The van der Waals surface area contributed by atoms with Gasteiger partial charge in [-0.1, -0.05) is 32.0 Å². The third-order valence-corrected chi connectivity index (χ3v) is 3.08. The van der Waals surface area contributed by atoms with Crippen LogP contribution in [0.15, 0.2) is 29.8 Å². The fourth-order valence-electron chi connectivity index (χ4n) is 2.34. The molecule has 0 radical (unpaired) electrons. The van der Waals surface area contributed by atoms with E-state index in [0.29, 0.717) is 5.56 Å². The van der Waals surface area contributed by atoms with Crippen LogP contribution in [0.2, 0.25) is 0 Å². The summed E-state index contributed by atoms with van der Waals surface area (Å²) >= 11 is 0. The zero-order valence-electron chi connectivity index (χ0n) is 10.9.